The van der Waals surface area contributed by atoms with Gasteiger partial charge in [0.1, 0.15) is 0 Å². The number of nitrogens with one attached hydrogen (secondary N) is 1. The van der Waals surface area contributed by atoms with Crippen molar-refractivity contribution in [1.29, 1.82) is 0 Å². The molecule has 1 aromatic rings. The number of hydrogen-bond acceptors (Lipinski definition) is 3. The van der Waals surface area contributed by atoms with Crippen molar-refractivity contribution in [3.63, 3.8) is 0 Å². The van der Waals surface area contributed by atoms with Crippen molar-refractivity contribution in [2.75, 3.05) is 11.9 Å². The van der Waals surface area contributed by atoms with Crippen LogP contribution in [-0.2, 0) is 21.3 Å². The number of nitrogens with two attached hydrogens (primary N) is 1. The Kier molecular flexibility index (Phi) is 7.93. The zero-order chi connectivity index (χ0) is 14.4. The quantitative estimate of drug-likeness (QED) is 0.871. The molecule has 0 aliphatic heterocycles. The Morgan fingerprint density at radius 1 is 1.29 bits per heavy atom. The predicted octanol–water partition coefficient (Wildman–Crippen LogP) is 2.59. The van der Waals surface area contributed by atoms with Crippen molar-refractivity contribution in [3.8, 4) is 0 Å². The zero-order valence-electron chi connectivity index (χ0n) is 12.0. The average molecular weight is 331 g/mol. The second-order valence-corrected chi connectivity index (χ2v) is 6.95. The van der Waals surface area contributed by atoms with Crippen LogP contribution in [0.25, 0.3) is 0 Å². The summed E-state index contributed by atoms with van der Waals surface area (Å²) in [5.74, 6) is 0.354. The molecule has 1 saturated carbocycles. The lowest BCUT2D eigenvalue weighted by Gasteiger charge is -2.21. The largest absolute Gasteiger partial charge is 0.325 e. The van der Waals surface area contributed by atoms with E-state index in [1.54, 1.807) is 0 Å². The minimum atomic E-state index is -0.818. The Hall–Kier alpha value is -0.910. The van der Waals surface area contributed by atoms with Crippen LogP contribution in [0.5, 0.6) is 0 Å². The number of benzene rings is 1. The molecule has 0 spiro atoms. The van der Waals surface area contributed by atoms with Crippen LogP contribution < -0.4 is 11.1 Å². The van der Waals surface area contributed by atoms with Crippen LogP contribution in [0, 0.1) is 0 Å². The van der Waals surface area contributed by atoms with Gasteiger partial charge >= 0.3 is 0 Å². The summed E-state index contributed by atoms with van der Waals surface area (Å²) < 4.78 is 12.4. The topological polar surface area (TPSA) is 72.2 Å². The number of carbonyl (C=O) groups excluding carboxylic acids is 1. The van der Waals surface area contributed by atoms with E-state index in [-0.39, 0.29) is 24.9 Å². The summed E-state index contributed by atoms with van der Waals surface area (Å²) in [6.07, 6.45) is 5.83. The highest BCUT2D eigenvalue weighted by molar-refractivity contribution is 7.84. The Morgan fingerprint density at radius 3 is 2.67 bits per heavy atom. The van der Waals surface area contributed by atoms with E-state index in [9.17, 15) is 9.00 Å². The summed E-state index contributed by atoms with van der Waals surface area (Å²) in [5, 5.41) is 3.06. The Morgan fingerprint density at radius 2 is 2.00 bits per heavy atom. The summed E-state index contributed by atoms with van der Waals surface area (Å²) in [6, 6.07) is 7.53. The monoisotopic (exact) mass is 330 g/mol. The van der Waals surface area contributed by atoms with Gasteiger partial charge in [-0.25, -0.2) is 0 Å². The van der Waals surface area contributed by atoms with E-state index in [2.05, 4.69) is 5.32 Å². The third kappa shape index (κ3) is 5.77. The van der Waals surface area contributed by atoms with Gasteiger partial charge in [0.2, 0.25) is 5.91 Å². The maximum absolute atomic E-state index is 12.4. The van der Waals surface area contributed by atoms with Crippen molar-refractivity contribution >= 4 is 34.8 Å². The highest BCUT2D eigenvalue weighted by atomic mass is 35.5. The number of anilines is 1. The van der Waals surface area contributed by atoms with Gasteiger partial charge < -0.3 is 11.1 Å². The zero-order valence-corrected chi connectivity index (χ0v) is 13.7. The molecule has 0 saturated heterocycles. The molecule has 21 heavy (non-hydrogen) atoms. The fraction of sp³-hybridized carbons (Fsp3) is 0.533. The molecule has 1 aliphatic carbocycles. The van der Waals surface area contributed by atoms with Crippen molar-refractivity contribution < 1.29 is 9.00 Å². The van der Waals surface area contributed by atoms with Crippen LogP contribution in [0.15, 0.2) is 24.3 Å². The minimum Gasteiger partial charge on any atom is -0.325 e. The summed E-state index contributed by atoms with van der Waals surface area (Å²) in [6.45, 7) is -0.0295. The normalized spacial score (nSPS) is 16.8. The third-order valence-electron chi connectivity index (χ3n) is 3.63. The first-order chi connectivity index (χ1) is 9.69. The molecule has 1 amide bonds. The molecule has 4 nitrogen and oxygen atoms in total. The van der Waals surface area contributed by atoms with Gasteiger partial charge in [0, 0.05) is 27.5 Å². The molecular weight excluding hydrogens is 308 g/mol. The van der Waals surface area contributed by atoms with Gasteiger partial charge in [-0.05, 0) is 30.5 Å². The first-order valence-electron chi connectivity index (χ1n) is 7.15. The second-order valence-electron chi connectivity index (χ2n) is 5.24. The molecule has 1 unspecified atom stereocenters. The lowest BCUT2D eigenvalue weighted by atomic mass is 10.0. The summed E-state index contributed by atoms with van der Waals surface area (Å²) in [5.41, 5.74) is 7.00. The van der Waals surface area contributed by atoms with Gasteiger partial charge in [0.25, 0.3) is 0 Å². The summed E-state index contributed by atoms with van der Waals surface area (Å²) >= 11 is 0. The van der Waals surface area contributed by atoms with Crippen LogP contribution >= 0.6 is 12.4 Å². The first-order valence-corrected chi connectivity index (χ1v) is 8.53. The highest BCUT2D eigenvalue weighted by Crippen LogP contribution is 2.24. The SMILES string of the molecule is Cl.NCC(=O)Nc1cccc(CS(=O)C2CCCCC2)c1. The molecule has 0 bridgehead atoms. The molecule has 1 atom stereocenters. The fourth-order valence-electron chi connectivity index (χ4n) is 2.56. The number of halogens is 1. The van der Waals surface area contributed by atoms with E-state index in [0.29, 0.717) is 11.0 Å². The van der Waals surface area contributed by atoms with Crippen LogP contribution in [-0.4, -0.2) is 21.9 Å². The lowest BCUT2D eigenvalue weighted by Crippen LogP contribution is -2.22. The Bertz CT molecular complexity index is 490. The molecular formula is C15H23ClN2O2S. The average Bonchev–Trinajstić information content (AvgIpc) is 2.48. The third-order valence-corrected chi connectivity index (χ3v) is 5.46. The second kappa shape index (κ2) is 9.18. The van der Waals surface area contributed by atoms with Gasteiger partial charge in [0.15, 0.2) is 0 Å². The Labute approximate surface area is 134 Å². The molecule has 1 aromatic carbocycles. The van der Waals surface area contributed by atoms with Gasteiger partial charge in [-0.15, -0.1) is 12.4 Å². The van der Waals surface area contributed by atoms with Crippen molar-refractivity contribution in [2.24, 2.45) is 5.73 Å². The molecule has 6 heteroatoms. The number of hydrogen-bond donors (Lipinski definition) is 2. The van der Waals surface area contributed by atoms with Crippen LogP contribution in [0.4, 0.5) is 5.69 Å². The van der Waals surface area contributed by atoms with Crippen LogP contribution in [0.1, 0.15) is 37.7 Å². The van der Waals surface area contributed by atoms with E-state index in [1.165, 1.54) is 19.3 Å². The smallest absolute Gasteiger partial charge is 0.238 e. The molecule has 1 fully saturated rings. The highest BCUT2D eigenvalue weighted by Gasteiger charge is 2.19. The molecule has 0 radical (unpaired) electrons. The Balaban J connectivity index is 0.00000220. The molecule has 118 valence electrons. The van der Waals surface area contributed by atoms with E-state index < -0.39 is 10.8 Å². The molecule has 2 rings (SSSR count). The van der Waals surface area contributed by atoms with Gasteiger partial charge in [-0.3, -0.25) is 9.00 Å². The van der Waals surface area contributed by atoms with E-state index in [4.69, 9.17) is 5.73 Å². The molecule has 0 heterocycles. The first kappa shape index (κ1) is 18.1. The maximum Gasteiger partial charge on any atom is 0.238 e. The molecule has 0 aromatic heterocycles. The van der Waals surface area contributed by atoms with Gasteiger partial charge in [0.05, 0.1) is 6.54 Å². The number of amides is 1. The fourth-order valence-corrected chi connectivity index (χ4v) is 4.16. The molecule has 3 N–H and O–H groups in total. The minimum absolute atomic E-state index is 0. The number of rotatable bonds is 5. The summed E-state index contributed by atoms with van der Waals surface area (Å²) in [4.78, 5) is 11.3. The van der Waals surface area contributed by atoms with Crippen LogP contribution in [0.3, 0.4) is 0 Å². The maximum atomic E-state index is 12.4. The van der Waals surface area contributed by atoms with Crippen molar-refractivity contribution in [1.82, 2.24) is 0 Å². The number of carbonyl (C=O) groups is 1. The van der Waals surface area contributed by atoms with Crippen LogP contribution in [0.2, 0.25) is 0 Å². The van der Waals surface area contributed by atoms with E-state index in [0.717, 1.165) is 24.1 Å². The summed E-state index contributed by atoms with van der Waals surface area (Å²) in [7, 11) is -0.818. The standard InChI is InChI=1S/C15H22N2O2S.ClH/c16-10-15(18)17-13-6-4-5-12(9-13)11-20(19)14-7-2-1-3-8-14;/h4-6,9,14H,1-3,7-8,10-11,16H2,(H,17,18);1H. The van der Waals surface area contributed by atoms with Gasteiger partial charge in [-0.1, -0.05) is 31.4 Å². The molecule has 1 aliphatic rings. The van der Waals surface area contributed by atoms with E-state index >= 15 is 0 Å². The van der Waals surface area contributed by atoms with Crippen molar-refractivity contribution in [3.05, 3.63) is 29.8 Å². The van der Waals surface area contributed by atoms with E-state index in [1.807, 2.05) is 24.3 Å². The van der Waals surface area contributed by atoms with Gasteiger partial charge in [-0.2, -0.15) is 0 Å². The lowest BCUT2D eigenvalue weighted by molar-refractivity contribution is -0.114. The predicted molar refractivity (Wildman–Crippen MR) is 90.1 cm³/mol. The van der Waals surface area contributed by atoms with Crippen molar-refractivity contribution in [2.45, 2.75) is 43.1 Å².